The van der Waals surface area contributed by atoms with Crippen LogP contribution in [0.2, 0.25) is 0 Å². The molecule has 0 aromatic heterocycles. The molecule has 1 N–H and O–H groups in total. The molecule has 104 valence electrons. The van der Waals surface area contributed by atoms with E-state index in [0.717, 1.165) is 0 Å². The van der Waals surface area contributed by atoms with Crippen LogP contribution in [0.25, 0.3) is 0 Å². The maximum Gasteiger partial charge on any atom is 0.339 e. The highest BCUT2D eigenvalue weighted by atomic mass is 17.2. The molecule has 0 fully saturated rings. The van der Waals surface area contributed by atoms with E-state index in [1.807, 2.05) is 18.2 Å². The van der Waals surface area contributed by atoms with Crippen molar-refractivity contribution >= 4 is 5.97 Å². The highest BCUT2D eigenvalue weighted by Gasteiger charge is 2.13. The summed E-state index contributed by atoms with van der Waals surface area (Å²) >= 11 is 0. The first-order valence-electron chi connectivity index (χ1n) is 6.04. The van der Waals surface area contributed by atoms with Gasteiger partial charge in [-0.3, -0.25) is 0 Å². The number of hydrogen-bond acceptors (Lipinski definition) is 4. The Hall–Kier alpha value is -2.53. The summed E-state index contributed by atoms with van der Waals surface area (Å²) in [5.74, 6) is -0.320. The molecular formula is C15H14O5. The Morgan fingerprint density at radius 3 is 2.40 bits per heavy atom. The van der Waals surface area contributed by atoms with E-state index in [9.17, 15) is 4.79 Å². The summed E-state index contributed by atoms with van der Waals surface area (Å²) in [4.78, 5) is 21.1. The fourth-order valence-electron chi connectivity index (χ4n) is 1.55. The van der Waals surface area contributed by atoms with E-state index in [0.29, 0.717) is 5.75 Å². The Kier molecular flexibility index (Phi) is 4.57. The van der Waals surface area contributed by atoms with E-state index in [1.165, 1.54) is 12.1 Å². The van der Waals surface area contributed by atoms with Crippen molar-refractivity contribution in [3.8, 4) is 11.5 Å². The number of hydrogen-bond donors (Lipinski definition) is 1. The van der Waals surface area contributed by atoms with Crippen LogP contribution in [0.3, 0.4) is 0 Å². The molecule has 1 unspecified atom stereocenters. The van der Waals surface area contributed by atoms with Crippen molar-refractivity contribution < 1.29 is 24.4 Å². The largest absolute Gasteiger partial charge is 0.478 e. The third-order valence-electron chi connectivity index (χ3n) is 2.44. The second kappa shape index (κ2) is 6.58. The number of carboxylic acid groups (broad SMARTS) is 1. The number of ether oxygens (including phenoxy) is 1. The molecule has 1 atom stereocenters. The molecule has 2 rings (SSSR count). The van der Waals surface area contributed by atoms with E-state index in [2.05, 4.69) is 0 Å². The van der Waals surface area contributed by atoms with E-state index < -0.39 is 12.3 Å². The normalized spacial score (nSPS) is 11.7. The smallest absolute Gasteiger partial charge is 0.339 e. The molecule has 20 heavy (non-hydrogen) atoms. The van der Waals surface area contributed by atoms with Gasteiger partial charge in [0.2, 0.25) is 6.29 Å². The van der Waals surface area contributed by atoms with Gasteiger partial charge in [-0.05, 0) is 24.3 Å². The minimum atomic E-state index is -1.08. The summed E-state index contributed by atoms with van der Waals surface area (Å²) in [6.07, 6.45) is -0.681. The van der Waals surface area contributed by atoms with Gasteiger partial charge in [-0.15, -0.1) is 4.89 Å². The average molecular weight is 274 g/mol. The second-order valence-corrected chi connectivity index (χ2v) is 3.98. The van der Waals surface area contributed by atoms with Crippen molar-refractivity contribution in [2.45, 2.75) is 13.2 Å². The van der Waals surface area contributed by atoms with Crippen LogP contribution in [0.1, 0.15) is 17.3 Å². The van der Waals surface area contributed by atoms with Crippen LogP contribution in [0.5, 0.6) is 11.5 Å². The molecule has 0 saturated heterocycles. The lowest BCUT2D eigenvalue weighted by Gasteiger charge is -2.15. The van der Waals surface area contributed by atoms with Gasteiger partial charge in [0.15, 0.2) is 5.75 Å². The molecule has 2 aromatic rings. The van der Waals surface area contributed by atoms with Crippen LogP contribution in [-0.2, 0) is 4.89 Å². The van der Waals surface area contributed by atoms with Crippen LogP contribution in [0.4, 0.5) is 0 Å². The van der Waals surface area contributed by atoms with Crippen LogP contribution >= 0.6 is 0 Å². The van der Waals surface area contributed by atoms with Gasteiger partial charge >= 0.3 is 5.97 Å². The monoisotopic (exact) mass is 274 g/mol. The van der Waals surface area contributed by atoms with E-state index in [1.54, 1.807) is 31.2 Å². The van der Waals surface area contributed by atoms with Crippen LogP contribution in [0, 0.1) is 0 Å². The predicted octanol–water partition coefficient (Wildman–Crippen LogP) is 3.12. The van der Waals surface area contributed by atoms with Gasteiger partial charge in [0.05, 0.1) is 0 Å². The number of para-hydroxylation sites is 2. The maximum absolute atomic E-state index is 11.0. The molecule has 0 heterocycles. The predicted molar refractivity (Wildman–Crippen MR) is 71.6 cm³/mol. The zero-order valence-electron chi connectivity index (χ0n) is 10.9. The number of rotatable bonds is 6. The molecule has 0 radical (unpaired) electrons. The fourth-order valence-corrected chi connectivity index (χ4v) is 1.55. The Morgan fingerprint density at radius 1 is 1.05 bits per heavy atom. The first-order valence-corrected chi connectivity index (χ1v) is 6.04. The zero-order chi connectivity index (χ0) is 14.4. The van der Waals surface area contributed by atoms with Gasteiger partial charge < -0.3 is 14.7 Å². The van der Waals surface area contributed by atoms with Gasteiger partial charge in [-0.1, -0.05) is 30.3 Å². The van der Waals surface area contributed by atoms with Gasteiger partial charge in [-0.2, -0.15) is 0 Å². The van der Waals surface area contributed by atoms with Crippen molar-refractivity contribution in [2.24, 2.45) is 0 Å². The number of carboxylic acids is 1. The molecule has 0 aliphatic carbocycles. The van der Waals surface area contributed by atoms with Gasteiger partial charge in [0.25, 0.3) is 0 Å². The van der Waals surface area contributed by atoms with Crippen molar-refractivity contribution in [1.29, 1.82) is 0 Å². The molecule has 2 aromatic carbocycles. The quantitative estimate of drug-likeness (QED) is 0.498. The van der Waals surface area contributed by atoms with Crippen molar-refractivity contribution in [3.05, 3.63) is 60.2 Å². The van der Waals surface area contributed by atoms with Crippen LogP contribution in [-0.4, -0.2) is 17.4 Å². The van der Waals surface area contributed by atoms with E-state index >= 15 is 0 Å². The molecule has 0 bridgehead atoms. The summed E-state index contributed by atoms with van der Waals surface area (Å²) in [6, 6.07) is 15.3. The highest BCUT2D eigenvalue weighted by molar-refractivity contribution is 5.90. The van der Waals surface area contributed by atoms with Crippen molar-refractivity contribution in [2.75, 3.05) is 0 Å². The number of aromatic carboxylic acids is 1. The highest BCUT2D eigenvalue weighted by Crippen LogP contribution is 2.19. The average Bonchev–Trinajstić information content (AvgIpc) is 2.46. The lowest BCUT2D eigenvalue weighted by molar-refractivity contribution is -0.289. The Labute approximate surface area is 116 Å². The first kappa shape index (κ1) is 13.9. The fraction of sp³-hybridized carbons (Fsp3) is 0.133. The topological polar surface area (TPSA) is 65.0 Å². The van der Waals surface area contributed by atoms with Crippen LogP contribution in [0.15, 0.2) is 54.6 Å². The lowest BCUT2D eigenvalue weighted by atomic mass is 10.2. The van der Waals surface area contributed by atoms with Gasteiger partial charge in [0.1, 0.15) is 11.3 Å². The summed E-state index contributed by atoms with van der Waals surface area (Å²) in [5, 5.41) is 9.00. The molecule has 0 amide bonds. The maximum atomic E-state index is 11.0. The Bertz CT molecular complexity index is 567. The first-order chi connectivity index (χ1) is 9.66. The SMILES string of the molecule is CC(OOc1ccccc1C(=O)O)Oc1ccccc1. The van der Waals surface area contributed by atoms with Crippen molar-refractivity contribution in [1.82, 2.24) is 0 Å². The molecule has 5 nitrogen and oxygen atoms in total. The molecule has 0 aliphatic heterocycles. The van der Waals surface area contributed by atoms with E-state index in [-0.39, 0.29) is 11.3 Å². The second-order valence-electron chi connectivity index (χ2n) is 3.98. The zero-order valence-corrected chi connectivity index (χ0v) is 10.9. The third-order valence-corrected chi connectivity index (χ3v) is 2.44. The Morgan fingerprint density at radius 2 is 1.70 bits per heavy atom. The molecule has 0 spiro atoms. The summed E-state index contributed by atoms with van der Waals surface area (Å²) < 4.78 is 5.44. The van der Waals surface area contributed by atoms with E-state index in [4.69, 9.17) is 19.6 Å². The Balaban J connectivity index is 1.94. The minimum absolute atomic E-state index is 0.0272. The number of benzene rings is 2. The van der Waals surface area contributed by atoms with Gasteiger partial charge in [0, 0.05) is 6.92 Å². The standard InChI is InChI=1S/C15H14O5/c1-11(18-12-7-3-2-4-8-12)19-20-14-10-6-5-9-13(14)15(16)17/h2-11H,1H3,(H,16,17). The molecule has 5 heteroatoms. The third kappa shape index (κ3) is 3.73. The summed E-state index contributed by atoms with van der Waals surface area (Å²) in [5.41, 5.74) is 0.0272. The van der Waals surface area contributed by atoms with Crippen molar-refractivity contribution in [3.63, 3.8) is 0 Å². The molecular weight excluding hydrogens is 260 g/mol. The molecule has 0 aliphatic rings. The van der Waals surface area contributed by atoms with Gasteiger partial charge in [-0.25, -0.2) is 4.79 Å². The van der Waals surface area contributed by atoms with Crippen LogP contribution < -0.4 is 9.62 Å². The minimum Gasteiger partial charge on any atom is -0.478 e. The lowest BCUT2D eigenvalue weighted by Crippen LogP contribution is -2.19. The summed E-state index contributed by atoms with van der Waals surface area (Å²) in [6.45, 7) is 1.65. The summed E-state index contributed by atoms with van der Waals surface area (Å²) in [7, 11) is 0. The number of carbonyl (C=O) groups is 1. The molecule has 0 saturated carbocycles.